The van der Waals surface area contributed by atoms with Crippen molar-refractivity contribution < 1.29 is 27.8 Å². The molecule has 0 aliphatic carbocycles. The van der Waals surface area contributed by atoms with Crippen molar-refractivity contribution in [3.63, 3.8) is 0 Å². The van der Waals surface area contributed by atoms with Crippen LogP contribution >= 0.6 is 18.6 Å². The Kier molecular flexibility index (Phi) is 7.65. The van der Waals surface area contributed by atoms with E-state index in [0.717, 1.165) is 6.07 Å². The normalized spacial score (nSPS) is 14.6. The molecular formula is C28H24F3O3PS. The highest BCUT2D eigenvalue weighted by Gasteiger charge is 2.69. The number of benzene rings is 3. The van der Waals surface area contributed by atoms with Crippen molar-refractivity contribution in [3.8, 4) is 0 Å². The lowest BCUT2D eigenvalue weighted by Crippen LogP contribution is -2.66. The summed E-state index contributed by atoms with van der Waals surface area (Å²) in [6.45, 7) is 1.36. The van der Waals surface area contributed by atoms with Crippen LogP contribution in [0, 0.1) is 0 Å². The van der Waals surface area contributed by atoms with Crippen LogP contribution in [0.25, 0.3) is 0 Å². The number of carbonyl (C=O) groups is 1. The van der Waals surface area contributed by atoms with Crippen molar-refractivity contribution in [2.75, 3.05) is 6.61 Å². The lowest BCUT2D eigenvalue weighted by atomic mass is 9.96. The van der Waals surface area contributed by atoms with Gasteiger partial charge in [0, 0.05) is 4.88 Å². The number of carbonyl (C=O) groups excluding carboxylic acids is 1. The fourth-order valence-electron chi connectivity index (χ4n) is 4.62. The minimum absolute atomic E-state index is 0.161. The lowest BCUT2D eigenvalue weighted by molar-refractivity contribution is -0.546. The fraction of sp³-hybridized carbons (Fsp3) is 0.179. The zero-order chi connectivity index (χ0) is 25.8. The van der Waals surface area contributed by atoms with Crippen LogP contribution in [0.15, 0.2) is 109 Å². The van der Waals surface area contributed by atoms with Crippen LogP contribution in [0.3, 0.4) is 0 Å². The average molecular weight is 529 g/mol. The Morgan fingerprint density at radius 1 is 0.833 bits per heavy atom. The molecule has 3 nitrogen and oxygen atoms in total. The van der Waals surface area contributed by atoms with Crippen LogP contribution in [0.4, 0.5) is 13.2 Å². The molecule has 2 unspecified atom stereocenters. The molecule has 3 aromatic carbocycles. The summed E-state index contributed by atoms with van der Waals surface area (Å²) in [6.07, 6.45) is -5.29. The highest BCUT2D eigenvalue weighted by molar-refractivity contribution is 7.97. The topological polar surface area (TPSA) is 49.4 Å². The first-order valence-electron chi connectivity index (χ1n) is 11.3. The third kappa shape index (κ3) is 4.36. The Morgan fingerprint density at radius 2 is 1.28 bits per heavy atom. The SMILES string of the molecule is CCOC(=O)C(C([O-])(c1cccs1)C(F)(F)F)[P+](c1ccccc1)(c1ccccc1)c1ccccc1. The Bertz CT molecular complexity index is 1170. The molecule has 0 amide bonds. The standard InChI is InChI=1S/C28H24F3O3PS/c1-2-34-26(32)25(27(33,28(29,30)31)24-19-12-20-36-24)35(21-13-6-3-7-14-21,22-15-8-4-9-16-22)23-17-10-5-11-18-23/h3-20,25H,2H2,1H3. The van der Waals surface area contributed by atoms with Crippen LogP contribution in [-0.4, -0.2) is 24.4 Å². The van der Waals surface area contributed by atoms with Crippen LogP contribution in [0.5, 0.6) is 0 Å². The summed E-state index contributed by atoms with van der Waals surface area (Å²) in [4.78, 5) is 13.3. The molecule has 2 atom stereocenters. The van der Waals surface area contributed by atoms with E-state index in [0.29, 0.717) is 27.3 Å². The second-order valence-electron chi connectivity index (χ2n) is 8.09. The maximum absolute atomic E-state index is 15.1. The summed E-state index contributed by atoms with van der Waals surface area (Å²) in [5.74, 6) is -1.16. The largest absolute Gasteiger partial charge is 0.836 e. The molecule has 0 N–H and O–H groups in total. The smallest absolute Gasteiger partial charge is 0.388 e. The van der Waals surface area contributed by atoms with E-state index in [1.807, 2.05) is 0 Å². The summed E-state index contributed by atoms with van der Waals surface area (Å²) in [6, 6.07) is 28.3. The van der Waals surface area contributed by atoms with Crippen molar-refractivity contribution >= 4 is 40.5 Å². The van der Waals surface area contributed by atoms with Gasteiger partial charge < -0.3 is 9.84 Å². The van der Waals surface area contributed by atoms with Crippen LogP contribution < -0.4 is 21.0 Å². The minimum Gasteiger partial charge on any atom is -0.836 e. The summed E-state index contributed by atoms with van der Waals surface area (Å²) in [5.41, 5.74) is -5.88. The molecule has 0 spiro atoms. The van der Waals surface area contributed by atoms with Crippen LogP contribution in [0.1, 0.15) is 11.8 Å². The molecular weight excluding hydrogens is 504 g/mol. The molecule has 1 aromatic heterocycles. The molecule has 4 aromatic rings. The zero-order valence-electron chi connectivity index (χ0n) is 19.4. The minimum atomic E-state index is -5.29. The van der Waals surface area contributed by atoms with Crippen molar-refractivity contribution in [2.24, 2.45) is 0 Å². The fourth-order valence-corrected chi connectivity index (χ4v) is 10.5. The van der Waals surface area contributed by atoms with Crippen molar-refractivity contribution in [1.82, 2.24) is 0 Å². The van der Waals surface area contributed by atoms with Gasteiger partial charge in [0.15, 0.2) is 5.66 Å². The third-order valence-electron chi connectivity index (χ3n) is 6.08. The van der Waals surface area contributed by atoms with Crippen molar-refractivity contribution in [1.29, 1.82) is 0 Å². The number of rotatable bonds is 8. The van der Waals surface area contributed by atoms with Gasteiger partial charge in [0.2, 0.25) is 0 Å². The first kappa shape index (κ1) is 26.1. The van der Waals surface area contributed by atoms with Gasteiger partial charge in [-0.05, 0) is 54.8 Å². The van der Waals surface area contributed by atoms with E-state index in [-0.39, 0.29) is 6.61 Å². The van der Waals surface area contributed by atoms with Gasteiger partial charge in [0.25, 0.3) is 0 Å². The highest BCUT2D eigenvalue weighted by Crippen LogP contribution is 2.66. The monoisotopic (exact) mass is 528 g/mol. The van der Waals surface area contributed by atoms with Crippen LogP contribution in [-0.2, 0) is 15.1 Å². The van der Waals surface area contributed by atoms with Gasteiger partial charge in [0.1, 0.15) is 23.2 Å². The average Bonchev–Trinajstić information content (AvgIpc) is 3.43. The molecule has 8 heteroatoms. The summed E-state index contributed by atoms with van der Waals surface area (Å²) in [5, 5.41) is 17.5. The zero-order valence-corrected chi connectivity index (χ0v) is 21.1. The summed E-state index contributed by atoms with van der Waals surface area (Å²) < 4.78 is 50.6. The Hall–Kier alpha value is -2.99. The molecule has 0 saturated heterocycles. The number of esters is 1. The van der Waals surface area contributed by atoms with Crippen molar-refractivity contribution in [2.45, 2.75) is 24.4 Å². The number of halogens is 3. The highest BCUT2D eigenvalue weighted by atomic mass is 32.1. The molecule has 186 valence electrons. The maximum Gasteiger partial charge on any atom is 0.388 e. The lowest BCUT2D eigenvalue weighted by Gasteiger charge is -2.49. The molecule has 0 radical (unpaired) electrons. The van der Waals surface area contributed by atoms with E-state index in [1.165, 1.54) is 18.4 Å². The first-order chi connectivity index (χ1) is 17.3. The van der Waals surface area contributed by atoms with Crippen molar-refractivity contribution in [3.05, 3.63) is 113 Å². The third-order valence-corrected chi connectivity index (χ3v) is 11.8. The Labute approximate surface area is 212 Å². The predicted octanol–water partition coefficient (Wildman–Crippen LogP) is 4.79. The van der Waals surface area contributed by atoms with E-state index >= 15 is 13.2 Å². The molecule has 4 rings (SSSR count). The van der Waals surface area contributed by atoms with Gasteiger partial charge in [-0.3, -0.25) is 0 Å². The van der Waals surface area contributed by atoms with Gasteiger partial charge >= 0.3 is 12.1 Å². The number of hydrogen-bond acceptors (Lipinski definition) is 4. The molecule has 36 heavy (non-hydrogen) atoms. The Balaban J connectivity index is 2.23. The van der Waals surface area contributed by atoms with Gasteiger partial charge in [0.05, 0.1) is 12.2 Å². The molecule has 1 heterocycles. The Morgan fingerprint density at radius 3 is 1.61 bits per heavy atom. The van der Waals surface area contributed by atoms with E-state index in [1.54, 1.807) is 91.0 Å². The molecule has 0 bridgehead atoms. The van der Waals surface area contributed by atoms with E-state index in [9.17, 15) is 9.90 Å². The van der Waals surface area contributed by atoms with Gasteiger partial charge in [-0.1, -0.05) is 60.7 Å². The van der Waals surface area contributed by atoms with Gasteiger partial charge in [-0.2, -0.15) is 13.2 Å². The molecule has 0 fully saturated rings. The van der Waals surface area contributed by atoms with E-state index < -0.39 is 35.5 Å². The molecule has 0 aliphatic rings. The molecule has 0 saturated carbocycles. The number of ether oxygens (including phenoxy) is 1. The number of hydrogen-bond donors (Lipinski definition) is 0. The van der Waals surface area contributed by atoms with E-state index in [2.05, 4.69) is 0 Å². The number of alkyl halides is 3. The summed E-state index contributed by atoms with van der Waals surface area (Å²) in [7, 11) is -3.61. The quantitative estimate of drug-likeness (QED) is 0.244. The second kappa shape index (κ2) is 10.6. The van der Waals surface area contributed by atoms with Gasteiger partial charge in [-0.15, -0.1) is 11.3 Å². The second-order valence-corrected chi connectivity index (χ2v) is 12.6. The number of thiophene rings is 1. The summed E-state index contributed by atoms with van der Waals surface area (Å²) >= 11 is 0.700. The first-order valence-corrected chi connectivity index (χ1v) is 14.0. The molecule has 0 aliphatic heterocycles. The van der Waals surface area contributed by atoms with Crippen LogP contribution in [0.2, 0.25) is 0 Å². The van der Waals surface area contributed by atoms with E-state index in [4.69, 9.17) is 4.74 Å². The van der Waals surface area contributed by atoms with Gasteiger partial charge in [-0.25, -0.2) is 4.79 Å². The maximum atomic E-state index is 15.1. The predicted molar refractivity (Wildman–Crippen MR) is 138 cm³/mol.